The van der Waals surface area contributed by atoms with Crippen molar-refractivity contribution in [2.45, 2.75) is 31.3 Å². The molecule has 0 saturated carbocycles. The molecule has 3 saturated heterocycles. The molecule has 1 atom stereocenters. The van der Waals surface area contributed by atoms with Crippen molar-refractivity contribution in [1.29, 1.82) is 0 Å². The van der Waals surface area contributed by atoms with Crippen molar-refractivity contribution < 1.29 is 13.9 Å². The molecule has 3 fully saturated rings. The van der Waals surface area contributed by atoms with E-state index in [0.717, 1.165) is 45.3 Å². The molecule has 3 aliphatic heterocycles. The van der Waals surface area contributed by atoms with Crippen LogP contribution in [-0.4, -0.2) is 66.3 Å². The number of hydrogen-bond acceptors (Lipinski definition) is 6. The molecule has 3 aliphatic rings. The fraction of sp³-hybridized carbons (Fsp3) is 0.688. The predicted octanol–water partition coefficient (Wildman–Crippen LogP) is 1.64. The topological polar surface area (TPSA) is 61.8 Å². The summed E-state index contributed by atoms with van der Waals surface area (Å²) in [5.41, 5.74) is -0.504. The number of rotatable bonds is 2. The second-order valence-electron chi connectivity index (χ2n) is 6.97. The Hall–Kier alpha value is -2.12. The number of ether oxygens (including phenoxy) is 1. The van der Waals surface area contributed by atoms with Crippen molar-refractivity contribution in [3.05, 3.63) is 12.0 Å². The molecule has 0 aliphatic carbocycles. The summed E-state index contributed by atoms with van der Waals surface area (Å²) in [6.45, 7) is 3.57. The van der Waals surface area contributed by atoms with Crippen LogP contribution in [0.4, 0.5) is 21.0 Å². The first-order valence-electron chi connectivity index (χ1n) is 8.53. The van der Waals surface area contributed by atoms with Gasteiger partial charge in [-0.1, -0.05) is 0 Å². The SMILES string of the molecule is CN1C[C@]2(CCCN(c3ncc(F)c(N4CCCC4)n3)C2)OC1=O. The first-order valence-corrected chi connectivity index (χ1v) is 8.53. The third kappa shape index (κ3) is 2.63. The fourth-order valence-electron chi connectivity index (χ4n) is 3.93. The van der Waals surface area contributed by atoms with Gasteiger partial charge in [-0.15, -0.1) is 0 Å². The number of carbonyl (C=O) groups is 1. The van der Waals surface area contributed by atoms with Crippen LogP contribution in [-0.2, 0) is 4.74 Å². The quantitative estimate of drug-likeness (QED) is 0.819. The van der Waals surface area contributed by atoms with Gasteiger partial charge in [0, 0.05) is 26.7 Å². The molecular formula is C16H22FN5O2. The van der Waals surface area contributed by atoms with Gasteiger partial charge in [0.2, 0.25) is 5.95 Å². The first-order chi connectivity index (χ1) is 11.6. The van der Waals surface area contributed by atoms with E-state index < -0.39 is 5.60 Å². The average molecular weight is 335 g/mol. The number of amides is 1. The van der Waals surface area contributed by atoms with E-state index in [2.05, 4.69) is 9.97 Å². The summed E-state index contributed by atoms with van der Waals surface area (Å²) in [5.74, 6) is 0.528. The van der Waals surface area contributed by atoms with Gasteiger partial charge >= 0.3 is 6.09 Å². The molecule has 1 spiro atoms. The molecular weight excluding hydrogens is 313 g/mol. The van der Waals surface area contributed by atoms with Crippen LogP contribution in [0.15, 0.2) is 6.20 Å². The molecule has 0 radical (unpaired) electrons. The van der Waals surface area contributed by atoms with Gasteiger partial charge in [0.1, 0.15) is 5.60 Å². The Bertz CT molecular complexity index is 651. The van der Waals surface area contributed by atoms with Crippen molar-refractivity contribution in [2.75, 3.05) is 49.6 Å². The van der Waals surface area contributed by atoms with Crippen molar-refractivity contribution >= 4 is 17.9 Å². The summed E-state index contributed by atoms with van der Waals surface area (Å²) in [5, 5.41) is 0. The molecule has 0 aromatic carbocycles. The van der Waals surface area contributed by atoms with E-state index in [4.69, 9.17) is 4.74 Å². The highest BCUT2D eigenvalue weighted by molar-refractivity contribution is 5.70. The molecule has 4 rings (SSSR count). The van der Waals surface area contributed by atoms with E-state index in [-0.39, 0.29) is 11.9 Å². The van der Waals surface area contributed by atoms with Gasteiger partial charge in [-0.05, 0) is 25.7 Å². The summed E-state index contributed by atoms with van der Waals surface area (Å²) in [6, 6.07) is 0. The largest absolute Gasteiger partial charge is 0.439 e. The summed E-state index contributed by atoms with van der Waals surface area (Å²) in [4.78, 5) is 26.0. The van der Waals surface area contributed by atoms with Gasteiger partial charge in [-0.3, -0.25) is 0 Å². The van der Waals surface area contributed by atoms with E-state index in [1.807, 2.05) is 9.80 Å². The lowest BCUT2D eigenvalue weighted by atomic mass is 9.93. The van der Waals surface area contributed by atoms with Crippen LogP contribution < -0.4 is 9.80 Å². The zero-order chi connectivity index (χ0) is 16.7. The number of likely N-dealkylation sites (N-methyl/N-ethyl adjacent to an activating group) is 1. The standard InChI is InChI=1S/C16H22FN5O2/c1-20-10-16(24-15(20)23)5-4-8-22(11-16)14-18-9-12(17)13(19-14)21-6-2-3-7-21/h9H,2-8,10-11H2,1H3/t16-/m0/s1. The Balaban J connectivity index is 1.57. The minimum Gasteiger partial charge on any atom is -0.439 e. The number of piperidine rings is 1. The molecule has 0 bridgehead atoms. The maximum atomic E-state index is 14.1. The minimum absolute atomic E-state index is 0.283. The summed E-state index contributed by atoms with van der Waals surface area (Å²) < 4.78 is 19.7. The lowest BCUT2D eigenvalue weighted by Gasteiger charge is -2.38. The van der Waals surface area contributed by atoms with Crippen LogP contribution in [0.25, 0.3) is 0 Å². The van der Waals surface area contributed by atoms with Crippen LogP contribution in [0.1, 0.15) is 25.7 Å². The third-order valence-electron chi connectivity index (χ3n) is 5.08. The number of anilines is 2. The van der Waals surface area contributed by atoms with Gasteiger partial charge in [0.05, 0.1) is 19.3 Å². The van der Waals surface area contributed by atoms with Gasteiger partial charge < -0.3 is 19.4 Å². The van der Waals surface area contributed by atoms with Crippen molar-refractivity contribution in [1.82, 2.24) is 14.9 Å². The third-order valence-corrected chi connectivity index (χ3v) is 5.08. The van der Waals surface area contributed by atoms with Crippen LogP contribution in [0, 0.1) is 5.82 Å². The normalized spacial score (nSPS) is 27.2. The maximum Gasteiger partial charge on any atom is 0.410 e. The second kappa shape index (κ2) is 5.75. The molecule has 4 heterocycles. The molecule has 24 heavy (non-hydrogen) atoms. The summed E-state index contributed by atoms with van der Waals surface area (Å²) in [6.07, 6.45) is 4.82. The number of halogens is 1. The fourth-order valence-corrected chi connectivity index (χ4v) is 3.93. The van der Waals surface area contributed by atoms with Crippen LogP contribution >= 0.6 is 0 Å². The minimum atomic E-state index is -0.504. The van der Waals surface area contributed by atoms with Crippen molar-refractivity contribution in [3.63, 3.8) is 0 Å². The van der Waals surface area contributed by atoms with E-state index >= 15 is 0 Å². The highest BCUT2D eigenvalue weighted by Crippen LogP contribution is 2.33. The molecule has 8 heteroatoms. The van der Waals surface area contributed by atoms with E-state index in [9.17, 15) is 9.18 Å². The summed E-state index contributed by atoms with van der Waals surface area (Å²) in [7, 11) is 1.75. The van der Waals surface area contributed by atoms with E-state index in [0.29, 0.717) is 24.9 Å². The molecule has 0 unspecified atom stereocenters. The number of nitrogens with zero attached hydrogens (tertiary/aromatic N) is 5. The smallest absolute Gasteiger partial charge is 0.410 e. The highest BCUT2D eigenvalue weighted by Gasteiger charge is 2.47. The molecule has 130 valence electrons. The van der Waals surface area contributed by atoms with Crippen molar-refractivity contribution in [3.8, 4) is 0 Å². The number of carbonyl (C=O) groups excluding carboxylic acids is 1. The maximum absolute atomic E-state index is 14.1. The van der Waals surface area contributed by atoms with Crippen LogP contribution in [0.5, 0.6) is 0 Å². The second-order valence-corrected chi connectivity index (χ2v) is 6.97. The van der Waals surface area contributed by atoms with Gasteiger partial charge in [-0.25, -0.2) is 14.2 Å². The van der Waals surface area contributed by atoms with Crippen molar-refractivity contribution in [2.24, 2.45) is 0 Å². The number of hydrogen-bond donors (Lipinski definition) is 0. The zero-order valence-corrected chi connectivity index (χ0v) is 13.9. The predicted molar refractivity (Wildman–Crippen MR) is 86.7 cm³/mol. The lowest BCUT2D eigenvalue weighted by Crippen LogP contribution is -2.51. The zero-order valence-electron chi connectivity index (χ0n) is 13.9. The Morgan fingerprint density at radius 1 is 1.17 bits per heavy atom. The highest BCUT2D eigenvalue weighted by atomic mass is 19.1. The molecule has 0 N–H and O–H groups in total. The first kappa shape index (κ1) is 15.4. The van der Waals surface area contributed by atoms with Gasteiger partial charge in [0.25, 0.3) is 0 Å². The van der Waals surface area contributed by atoms with Crippen LogP contribution in [0.3, 0.4) is 0 Å². The monoisotopic (exact) mass is 335 g/mol. The Kier molecular flexibility index (Phi) is 3.69. The van der Waals surface area contributed by atoms with Gasteiger partial charge in [0.15, 0.2) is 11.6 Å². The lowest BCUT2D eigenvalue weighted by molar-refractivity contribution is 0.0443. The molecule has 1 aromatic heterocycles. The van der Waals surface area contributed by atoms with E-state index in [1.165, 1.54) is 6.20 Å². The Morgan fingerprint density at radius 2 is 1.92 bits per heavy atom. The van der Waals surface area contributed by atoms with E-state index in [1.54, 1.807) is 11.9 Å². The number of aromatic nitrogens is 2. The Morgan fingerprint density at radius 3 is 2.62 bits per heavy atom. The Labute approximate surface area is 140 Å². The average Bonchev–Trinajstić information content (AvgIpc) is 3.17. The summed E-state index contributed by atoms with van der Waals surface area (Å²) >= 11 is 0. The van der Waals surface area contributed by atoms with Crippen LogP contribution in [0.2, 0.25) is 0 Å². The molecule has 1 amide bonds. The molecule has 1 aromatic rings. The van der Waals surface area contributed by atoms with Gasteiger partial charge in [-0.2, -0.15) is 4.98 Å². The molecule has 7 nitrogen and oxygen atoms in total.